The van der Waals surface area contributed by atoms with Gasteiger partial charge in [0.1, 0.15) is 4.88 Å². The standard InChI is InChI=1S/C16H19N3OS/c1-10-4-3-5-12(8-10)14-15(21-11(2)18-14)16(20)19-7-6-13(19)9-17/h3-5,8,13H,6-7,9,17H2,1-2H3. The first-order chi connectivity index (χ1) is 10.1. The molecule has 1 saturated heterocycles. The summed E-state index contributed by atoms with van der Waals surface area (Å²) in [5.74, 6) is 0.0683. The van der Waals surface area contributed by atoms with E-state index in [9.17, 15) is 4.79 Å². The van der Waals surface area contributed by atoms with Crippen LogP contribution >= 0.6 is 11.3 Å². The zero-order valence-corrected chi connectivity index (χ0v) is 13.1. The number of likely N-dealkylation sites (tertiary alicyclic amines) is 1. The number of benzene rings is 1. The molecule has 0 spiro atoms. The molecule has 1 aromatic heterocycles. The van der Waals surface area contributed by atoms with Crippen LogP contribution in [-0.4, -0.2) is 34.9 Å². The van der Waals surface area contributed by atoms with Crippen LogP contribution in [0.15, 0.2) is 24.3 Å². The van der Waals surface area contributed by atoms with Gasteiger partial charge in [-0.3, -0.25) is 4.79 Å². The third-order valence-corrected chi connectivity index (χ3v) is 4.86. The number of amides is 1. The van der Waals surface area contributed by atoms with Crippen LogP contribution in [0.3, 0.4) is 0 Å². The molecule has 3 rings (SSSR count). The van der Waals surface area contributed by atoms with Gasteiger partial charge in [0.2, 0.25) is 0 Å². The first kappa shape index (κ1) is 14.2. The van der Waals surface area contributed by atoms with Crippen LogP contribution in [0.25, 0.3) is 11.3 Å². The third kappa shape index (κ3) is 2.59. The topological polar surface area (TPSA) is 59.2 Å². The van der Waals surface area contributed by atoms with E-state index in [1.54, 1.807) is 0 Å². The molecule has 1 aromatic carbocycles. The number of hydrogen-bond acceptors (Lipinski definition) is 4. The summed E-state index contributed by atoms with van der Waals surface area (Å²) in [5.41, 5.74) is 8.68. The molecule has 2 aromatic rings. The molecule has 0 saturated carbocycles. The first-order valence-corrected chi connectivity index (χ1v) is 7.97. The third-order valence-electron chi connectivity index (χ3n) is 3.90. The number of nitrogens with two attached hydrogens (primary N) is 1. The van der Waals surface area contributed by atoms with Crippen molar-refractivity contribution in [3.63, 3.8) is 0 Å². The number of aryl methyl sites for hydroxylation is 2. The fourth-order valence-electron chi connectivity index (χ4n) is 2.64. The normalized spacial score (nSPS) is 17.7. The molecule has 1 unspecified atom stereocenters. The maximum Gasteiger partial charge on any atom is 0.266 e. The fourth-order valence-corrected chi connectivity index (χ4v) is 3.54. The van der Waals surface area contributed by atoms with E-state index in [1.165, 1.54) is 16.9 Å². The van der Waals surface area contributed by atoms with Crippen molar-refractivity contribution in [3.05, 3.63) is 39.7 Å². The first-order valence-electron chi connectivity index (χ1n) is 7.15. The van der Waals surface area contributed by atoms with E-state index in [0.29, 0.717) is 6.54 Å². The summed E-state index contributed by atoms with van der Waals surface area (Å²) in [6.45, 7) is 5.32. The van der Waals surface area contributed by atoms with Crippen molar-refractivity contribution < 1.29 is 4.79 Å². The summed E-state index contributed by atoms with van der Waals surface area (Å²) >= 11 is 1.47. The Morgan fingerprint density at radius 2 is 2.29 bits per heavy atom. The van der Waals surface area contributed by atoms with Crippen LogP contribution in [0.4, 0.5) is 0 Å². The Morgan fingerprint density at radius 1 is 1.48 bits per heavy atom. The highest BCUT2D eigenvalue weighted by Crippen LogP contribution is 2.31. The average Bonchev–Trinajstić information content (AvgIpc) is 2.80. The monoisotopic (exact) mass is 301 g/mol. The molecule has 1 aliphatic heterocycles. The van der Waals surface area contributed by atoms with Crippen LogP contribution in [0.2, 0.25) is 0 Å². The summed E-state index contributed by atoms with van der Waals surface area (Å²) in [7, 11) is 0. The number of nitrogens with zero attached hydrogens (tertiary/aromatic N) is 2. The largest absolute Gasteiger partial charge is 0.333 e. The molecule has 4 nitrogen and oxygen atoms in total. The van der Waals surface area contributed by atoms with Crippen molar-refractivity contribution in [2.24, 2.45) is 5.73 Å². The van der Waals surface area contributed by atoms with Crippen molar-refractivity contribution in [2.45, 2.75) is 26.3 Å². The molecule has 0 radical (unpaired) electrons. The van der Waals surface area contributed by atoms with Gasteiger partial charge in [-0.05, 0) is 26.3 Å². The molecule has 0 aliphatic carbocycles. The number of rotatable bonds is 3. The Hall–Kier alpha value is -1.72. The van der Waals surface area contributed by atoms with Gasteiger partial charge in [0.15, 0.2) is 0 Å². The molecule has 21 heavy (non-hydrogen) atoms. The Kier molecular flexibility index (Phi) is 3.78. The number of carbonyl (C=O) groups excluding carboxylic acids is 1. The van der Waals surface area contributed by atoms with Crippen LogP contribution in [0.1, 0.15) is 26.7 Å². The van der Waals surface area contributed by atoms with Gasteiger partial charge in [0.25, 0.3) is 5.91 Å². The lowest BCUT2D eigenvalue weighted by atomic mass is 10.0. The molecule has 5 heteroatoms. The number of thiazole rings is 1. The van der Waals surface area contributed by atoms with Crippen LogP contribution in [0.5, 0.6) is 0 Å². The lowest BCUT2D eigenvalue weighted by Crippen LogP contribution is -2.54. The van der Waals surface area contributed by atoms with E-state index < -0.39 is 0 Å². The lowest BCUT2D eigenvalue weighted by Gasteiger charge is -2.40. The zero-order chi connectivity index (χ0) is 15.0. The van der Waals surface area contributed by atoms with Crippen molar-refractivity contribution in [1.29, 1.82) is 0 Å². The maximum absolute atomic E-state index is 12.7. The average molecular weight is 301 g/mol. The highest BCUT2D eigenvalue weighted by molar-refractivity contribution is 7.14. The molecule has 1 aliphatic rings. The van der Waals surface area contributed by atoms with E-state index >= 15 is 0 Å². The van der Waals surface area contributed by atoms with Gasteiger partial charge in [0, 0.05) is 24.7 Å². The fraction of sp³-hybridized carbons (Fsp3) is 0.375. The Bertz CT molecular complexity index is 678. The van der Waals surface area contributed by atoms with E-state index in [2.05, 4.69) is 11.1 Å². The zero-order valence-electron chi connectivity index (χ0n) is 12.3. The van der Waals surface area contributed by atoms with Crippen molar-refractivity contribution in [3.8, 4) is 11.3 Å². The summed E-state index contributed by atoms with van der Waals surface area (Å²) in [5, 5.41) is 0.916. The molecule has 110 valence electrons. The minimum absolute atomic E-state index is 0.0683. The van der Waals surface area contributed by atoms with Gasteiger partial charge >= 0.3 is 0 Å². The summed E-state index contributed by atoms with van der Waals surface area (Å²) in [4.78, 5) is 19.9. The van der Waals surface area contributed by atoms with Crippen LogP contribution in [0, 0.1) is 13.8 Å². The van der Waals surface area contributed by atoms with Crippen LogP contribution in [-0.2, 0) is 0 Å². The van der Waals surface area contributed by atoms with E-state index in [-0.39, 0.29) is 11.9 Å². The molecular weight excluding hydrogens is 282 g/mol. The van der Waals surface area contributed by atoms with E-state index in [0.717, 1.165) is 34.1 Å². The smallest absolute Gasteiger partial charge is 0.266 e. The SMILES string of the molecule is Cc1cccc(-c2nc(C)sc2C(=O)N2CCC2CN)c1. The van der Waals surface area contributed by atoms with Gasteiger partial charge in [-0.1, -0.05) is 23.8 Å². The molecule has 0 bridgehead atoms. The van der Waals surface area contributed by atoms with E-state index in [1.807, 2.05) is 36.9 Å². The molecule has 1 atom stereocenters. The van der Waals surface area contributed by atoms with Crippen molar-refractivity contribution in [1.82, 2.24) is 9.88 Å². The lowest BCUT2D eigenvalue weighted by molar-refractivity contribution is 0.0487. The molecular formula is C16H19N3OS. The summed E-state index contributed by atoms with van der Waals surface area (Å²) < 4.78 is 0. The van der Waals surface area contributed by atoms with Gasteiger partial charge in [-0.2, -0.15) is 0 Å². The predicted molar refractivity (Wildman–Crippen MR) is 85.5 cm³/mol. The van der Waals surface area contributed by atoms with Gasteiger partial charge in [-0.15, -0.1) is 11.3 Å². The summed E-state index contributed by atoms with van der Waals surface area (Å²) in [6.07, 6.45) is 1.000. The second kappa shape index (κ2) is 5.58. The predicted octanol–water partition coefficient (Wildman–Crippen LogP) is 2.60. The Labute approximate surface area is 128 Å². The number of carbonyl (C=O) groups is 1. The molecule has 1 fully saturated rings. The summed E-state index contributed by atoms with van der Waals surface area (Å²) in [6, 6.07) is 8.31. The highest BCUT2D eigenvalue weighted by atomic mass is 32.1. The van der Waals surface area contributed by atoms with Crippen molar-refractivity contribution in [2.75, 3.05) is 13.1 Å². The van der Waals surface area contributed by atoms with Gasteiger partial charge in [-0.25, -0.2) is 4.98 Å². The van der Waals surface area contributed by atoms with Crippen LogP contribution < -0.4 is 5.73 Å². The minimum atomic E-state index is 0.0683. The molecule has 1 amide bonds. The highest BCUT2D eigenvalue weighted by Gasteiger charge is 2.34. The second-order valence-corrected chi connectivity index (χ2v) is 6.66. The van der Waals surface area contributed by atoms with Crippen molar-refractivity contribution >= 4 is 17.2 Å². The minimum Gasteiger partial charge on any atom is -0.333 e. The number of hydrogen-bond donors (Lipinski definition) is 1. The van der Waals surface area contributed by atoms with Gasteiger partial charge < -0.3 is 10.6 Å². The molecule has 2 heterocycles. The van der Waals surface area contributed by atoms with Gasteiger partial charge in [0.05, 0.1) is 10.7 Å². The second-order valence-electron chi connectivity index (χ2n) is 5.46. The Balaban J connectivity index is 1.98. The Morgan fingerprint density at radius 3 is 2.90 bits per heavy atom. The van der Waals surface area contributed by atoms with E-state index in [4.69, 9.17) is 5.73 Å². The molecule has 2 N–H and O–H groups in total. The number of aromatic nitrogens is 1. The quantitative estimate of drug-likeness (QED) is 0.948. The maximum atomic E-state index is 12.7.